The summed E-state index contributed by atoms with van der Waals surface area (Å²) in [5, 5.41) is 15.9. The molecule has 5 nitrogen and oxygen atoms in total. The maximum absolute atomic E-state index is 4.95. The molecule has 0 aliphatic rings. The molecule has 0 saturated carbocycles. The van der Waals surface area contributed by atoms with E-state index in [9.17, 15) is 0 Å². The summed E-state index contributed by atoms with van der Waals surface area (Å²) in [6.07, 6.45) is 0. The molecule has 0 radical (unpaired) electrons. The molecule has 5 aromatic rings. The standard InChI is InChI=1S/C23H19N5/c1-27(16-17-10-4-2-5-11-17)23-20-15-9-8-14-19(20)22-25-24-21(28(22)26-23)18-12-6-3-7-13-18/h2-15H,16H2,1H3. The van der Waals surface area contributed by atoms with Crippen LogP contribution in [0.5, 0.6) is 0 Å². The Morgan fingerprint density at radius 2 is 1.39 bits per heavy atom. The summed E-state index contributed by atoms with van der Waals surface area (Å²) in [4.78, 5) is 2.17. The maximum atomic E-state index is 4.95. The molecule has 2 heterocycles. The number of hydrogen-bond donors (Lipinski definition) is 0. The van der Waals surface area contributed by atoms with Gasteiger partial charge in [-0.3, -0.25) is 0 Å². The normalized spacial score (nSPS) is 11.2. The Balaban J connectivity index is 1.71. The number of fused-ring (bicyclic) bond motifs is 3. The summed E-state index contributed by atoms with van der Waals surface area (Å²) in [5.41, 5.74) is 3.00. The molecule has 136 valence electrons. The molecule has 5 heteroatoms. The minimum absolute atomic E-state index is 0.746. The highest BCUT2D eigenvalue weighted by Crippen LogP contribution is 2.29. The van der Waals surface area contributed by atoms with Gasteiger partial charge < -0.3 is 4.90 Å². The van der Waals surface area contributed by atoms with Crippen LogP contribution in [-0.4, -0.2) is 26.9 Å². The number of rotatable bonds is 4. The summed E-state index contributed by atoms with van der Waals surface area (Å²) in [6.45, 7) is 0.770. The summed E-state index contributed by atoms with van der Waals surface area (Å²) < 4.78 is 1.86. The van der Waals surface area contributed by atoms with Crippen molar-refractivity contribution in [2.24, 2.45) is 0 Å². The van der Waals surface area contributed by atoms with E-state index in [1.807, 2.05) is 53.0 Å². The third kappa shape index (κ3) is 2.77. The van der Waals surface area contributed by atoms with E-state index in [-0.39, 0.29) is 0 Å². The molecule has 0 N–H and O–H groups in total. The maximum Gasteiger partial charge on any atom is 0.186 e. The van der Waals surface area contributed by atoms with Crippen LogP contribution in [0.3, 0.4) is 0 Å². The van der Waals surface area contributed by atoms with Crippen LogP contribution in [0.15, 0.2) is 84.9 Å². The molecule has 0 amide bonds. The lowest BCUT2D eigenvalue weighted by atomic mass is 10.1. The molecule has 0 aliphatic carbocycles. The van der Waals surface area contributed by atoms with E-state index < -0.39 is 0 Å². The summed E-state index contributed by atoms with van der Waals surface area (Å²) in [6, 6.07) is 28.7. The second-order valence-electron chi connectivity index (χ2n) is 6.84. The zero-order valence-corrected chi connectivity index (χ0v) is 15.5. The lowest BCUT2D eigenvalue weighted by molar-refractivity contribution is 0.851. The van der Waals surface area contributed by atoms with Crippen molar-refractivity contribution in [1.29, 1.82) is 0 Å². The fourth-order valence-corrected chi connectivity index (χ4v) is 3.55. The Kier molecular flexibility index (Phi) is 3.98. The van der Waals surface area contributed by atoms with Gasteiger partial charge in [0.25, 0.3) is 0 Å². The molecular weight excluding hydrogens is 346 g/mol. The zero-order valence-electron chi connectivity index (χ0n) is 15.5. The first kappa shape index (κ1) is 16.4. The molecule has 0 aliphatic heterocycles. The molecular formula is C23H19N5. The van der Waals surface area contributed by atoms with Crippen LogP contribution in [0.25, 0.3) is 27.8 Å². The predicted molar refractivity (Wildman–Crippen MR) is 112 cm³/mol. The fourth-order valence-electron chi connectivity index (χ4n) is 3.55. The number of hydrogen-bond acceptors (Lipinski definition) is 4. The van der Waals surface area contributed by atoms with E-state index >= 15 is 0 Å². The number of aromatic nitrogens is 4. The van der Waals surface area contributed by atoms with Crippen LogP contribution in [0.4, 0.5) is 5.82 Å². The van der Waals surface area contributed by atoms with Gasteiger partial charge >= 0.3 is 0 Å². The first-order valence-corrected chi connectivity index (χ1v) is 9.26. The van der Waals surface area contributed by atoms with E-state index in [1.54, 1.807) is 0 Å². The lowest BCUT2D eigenvalue weighted by Gasteiger charge is -2.20. The van der Waals surface area contributed by atoms with Crippen LogP contribution in [0.2, 0.25) is 0 Å². The van der Waals surface area contributed by atoms with Crippen LogP contribution >= 0.6 is 0 Å². The van der Waals surface area contributed by atoms with Gasteiger partial charge in [-0.15, -0.1) is 15.3 Å². The zero-order chi connectivity index (χ0) is 18.9. The molecule has 5 rings (SSSR count). The quantitative estimate of drug-likeness (QED) is 0.468. The minimum atomic E-state index is 0.746. The Bertz CT molecular complexity index is 1250. The Hall–Kier alpha value is -3.73. The Morgan fingerprint density at radius 1 is 0.750 bits per heavy atom. The number of anilines is 1. The van der Waals surface area contributed by atoms with Crippen molar-refractivity contribution < 1.29 is 0 Å². The molecule has 0 bridgehead atoms. The minimum Gasteiger partial charge on any atom is -0.353 e. The molecule has 0 saturated heterocycles. The fraction of sp³-hybridized carbons (Fsp3) is 0.0870. The second kappa shape index (κ2) is 6.78. The summed E-state index contributed by atoms with van der Waals surface area (Å²) in [5.74, 6) is 1.65. The van der Waals surface area contributed by atoms with Crippen molar-refractivity contribution in [3.8, 4) is 11.4 Å². The second-order valence-corrected chi connectivity index (χ2v) is 6.84. The highest BCUT2D eigenvalue weighted by molar-refractivity contribution is 6.00. The van der Waals surface area contributed by atoms with Crippen molar-refractivity contribution in [2.75, 3.05) is 11.9 Å². The molecule has 0 fully saturated rings. The predicted octanol–water partition coefficient (Wildman–Crippen LogP) is 4.58. The van der Waals surface area contributed by atoms with E-state index in [4.69, 9.17) is 5.10 Å². The highest BCUT2D eigenvalue weighted by atomic mass is 15.4. The van der Waals surface area contributed by atoms with Crippen molar-refractivity contribution in [2.45, 2.75) is 6.54 Å². The van der Waals surface area contributed by atoms with Gasteiger partial charge in [-0.05, 0) is 5.56 Å². The number of benzene rings is 3. The third-order valence-corrected chi connectivity index (χ3v) is 4.90. The van der Waals surface area contributed by atoms with Crippen molar-refractivity contribution in [3.63, 3.8) is 0 Å². The molecule has 28 heavy (non-hydrogen) atoms. The van der Waals surface area contributed by atoms with Crippen LogP contribution in [-0.2, 0) is 6.54 Å². The molecule has 0 atom stereocenters. The topological polar surface area (TPSA) is 46.3 Å². The Labute approximate surface area is 162 Å². The van der Waals surface area contributed by atoms with Gasteiger partial charge in [0.2, 0.25) is 0 Å². The average molecular weight is 365 g/mol. The first-order chi connectivity index (χ1) is 13.8. The third-order valence-electron chi connectivity index (χ3n) is 4.90. The van der Waals surface area contributed by atoms with Crippen molar-refractivity contribution in [3.05, 3.63) is 90.5 Å². The van der Waals surface area contributed by atoms with E-state index in [2.05, 4.69) is 58.5 Å². The van der Waals surface area contributed by atoms with Gasteiger partial charge in [0.15, 0.2) is 17.3 Å². The van der Waals surface area contributed by atoms with Gasteiger partial charge in [-0.1, -0.05) is 84.9 Å². The summed E-state index contributed by atoms with van der Waals surface area (Å²) in [7, 11) is 2.07. The van der Waals surface area contributed by atoms with Crippen LogP contribution in [0.1, 0.15) is 5.56 Å². The van der Waals surface area contributed by atoms with Gasteiger partial charge in [-0.2, -0.15) is 4.52 Å². The SMILES string of the molecule is CN(Cc1ccccc1)c1nn2c(-c3ccccc3)nnc2c2ccccc12. The van der Waals surface area contributed by atoms with Gasteiger partial charge in [0.1, 0.15) is 0 Å². The monoisotopic (exact) mass is 365 g/mol. The first-order valence-electron chi connectivity index (χ1n) is 9.26. The van der Waals surface area contributed by atoms with E-state index in [0.29, 0.717) is 0 Å². The molecule has 2 aromatic heterocycles. The lowest BCUT2D eigenvalue weighted by Crippen LogP contribution is -2.19. The van der Waals surface area contributed by atoms with Gasteiger partial charge in [0, 0.05) is 29.9 Å². The van der Waals surface area contributed by atoms with Gasteiger partial charge in [-0.25, -0.2) is 0 Å². The van der Waals surface area contributed by atoms with Crippen molar-refractivity contribution in [1.82, 2.24) is 19.8 Å². The van der Waals surface area contributed by atoms with Crippen LogP contribution < -0.4 is 4.90 Å². The van der Waals surface area contributed by atoms with E-state index in [1.165, 1.54) is 5.56 Å². The van der Waals surface area contributed by atoms with Crippen LogP contribution in [0, 0.1) is 0 Å². The molecule has 3 aromatic carbocycles. The molecule has 0 unspecified atom stereocenters. The Morgan fingerprint density at radius 3 is 2.14 bits per heavy atom. The summed E-state index contributed by atoms with van der Waals surface area (Å²) >= 11 is 0. The number of nitrogens with zero attached hydrogens (tertiary/aromatic N) is 5. The largest absolute Gasteiger partial charge is 0.353 e. The average Bonchev–Trinajstić information content (AvgIpc) is 3.19. The smallest absolute Gasteiger partial charge is 0.186 e. The van der Waals surface area contributed by atoms with Crippen molar-refractivity contribution >= 4 is 22.2 Å². The highest BCUT2D eigenvalue weighted by Gasteiger charge is 2.17. The molecule has 0 spiro atoms. The van der Waals surface area contributed by atoms with E-state index in [0.717, 1.165) is 40.2 Å². The van der Waals surface area contributed by atoms with Gasteiger partial charge in [0.05, 0.1) is 0 Å².